The van der Waals surface area contributed by atoms with E-state index in [-0.39, 0.29) is 11.5 Å². The molecule has 3 aliphatic heterocycles. The summed E-state index contributed by atoms with van der Waals surface area (Å²) < 4.78 is 6.06. The summed E-state index contributed by atoms with van der Waals surface area (Å²) in [6.07, 6.45) is 10.5. The molecular formula is C16H25NO2. The maximum Gasteiger partial charge on any atom is 0.140 e. The van der Waals surface area contributed by atoms with Gasteiger partial charge in [-0.3, -0.25) is 4.79 Å². The third-order valence-corrected chi connectivity index (χ3v) is 6.08. The Morgan fingerprint density at radius 1 is 1.16 bits per heavy atom. The van der Waals surface area contributed by atoms with Gasteiger partial charge in [0.1, 0.15) is 5.78 Å². The fourth-order valence-corrected chi connectivity index (χ4v) is 5.08. The molecule has 3 heteroatoms. The largest absolute Gasteiger partial charge is 0.375 e. The summed E-state index contributed by atoms with van der Waals surface area (Å²) in [6.45, 7) is 0.810. The normalized spacial score (nSPS) is 44.0. The molecule has 4 unspecified atom stereocenters. The average molecular weight is 263 g/mol. The van der Waals surface area contributed by atoms with Crippen LogP contribution in [0.5, 0.6) is 0 Å². The van der Waals surface area contributed by atoms with Gasteiger partial charge in [-0.05, 0) is 44.9 Å². The standard InChI is InChI=1S/C16H25NO2/c18-15(13-9-12-3-4-14(13)17-12)11-5-8-19-16(10-11)6-1-2-7-16/h11-14,17H,1-10H2. The Balaban J connectivity index is 1.45. The molecule has 3 heterocycles. The number of Topliss-reactive ketones (excluding diaryl/α,β-unsaturated/α-hetero) is 1. The van der Waals surface area contributed by atoms with Gasteiger partial charge in [0.25, 0.3) is 0 Å². The van der Waals surface area contributed by atoms with Crippen molar-refractivity contribution in [3.05, 3.63) is 0 Å². The van der Waals surface area contributed by atoms with Crippen LogP contribution in [0.15, 0.2) is 0 Å². The number of fused-ring (bicyclic) bond motifs is 2. The van der Waals surface area contributed by atoms with Gasteiger partial charge >= 0.3 is 0 Å². The van der Waals surface area contributed by atoms with Gasteiger partial charge in [0.15, 0.2) is 0 Å². The Morgan fingerprint density at radius 2 is 2.00 bits per heavy atom. The van der Waals surface area contributed by atoms with Gasteiger partial charge in [0.05, 0.1) is 5.60 Å². The minimum atomic E-state index is 0.0869. The van der Waals surface area contributed by atoms with Gasteiger partial charge in [0, 0.05) is 30.5 Å². The predicted molar refractivity (Wildman–Crippen MR) is 72.9 cm³/mol. The second kappa shape index (κ2) is 4.56. The maximum atomic E-state index is 12.8. The molecule has 0 amide bonds. The lowest BCUT2D eigenvalue weighted by molar-refractivity contribution is -0.140. The minimum absolute atomic E-state index is 0.0869. The van der Waals surface area contributed by atoms with Crippen LogP contribution in [0, 0.1) is 11.8 Å². The van der Waals surface area contributed by atoms with Gasteiger partial charge in [-0.2, -0.15) is 0 Å². The molecule has 3 nitrogen and oxygen atoms in total. The van der Waals surface area contributed by atoms with Crippen LogP contribution < -0.4 is 5.32 Å². The molecule has 4 fully saturated rings. The molecule has 0 aromatic heterocycles. The van der Waals surface area contributed by atoms with Crippen molar-refractivity contribution in [1.29, 1.82) is 0 Å². The molecule has 2 bridgehead atoms. The number of ketones is 1. The van der Waals surface area contributed by atoms with Gasteiger partial charge in [-0.1, -0.05) is 12.8 Å². The fraction of sp³-hybridized carbons (Fsp3) is 0.938. The number of rotatable bonds is 2. The summed E-state index contributed by atoms with van der Waals surface area (Å²) in [5.74, 6) is 1.17. The van der Waals surface area contributed by atoms with E-state index in [1.165, 1.54) is 38.5 Å². The SMILES string of the molecule is O=C(C1CCOC2(CCCC2)C1)C1CC2CCC1N2. The van der Waals surface area contributed by atoms with Crippen molar-refractivity contribution < 1.29 is 9.53 Å². The van der Waals surface area contributed by atoms with Crippen molar-refractivity contribution >= 4 is 5.78 Å². The molecule has 0 aromatic rings. The lowest BCUT2D eigenvalue weighted by Crippen LogP contribution is -2.43. The molecule has 19 heavy (non-hydrogen) atoms. The number of hydrogen-bond donors (Lipinski definition) is 1. The zero-order valence-corrected chi connectivity index (χ0v) is 11.7. The van der Waals surface area contributed by atoms with E-state index in [1.54, 1.807) is 0 Å². The molecule has 4 aliphatic rings. The first kappa shape index (κ1) is 12.3. The summed E-state index contributed by atoms with van der Waals surface area (Å²) in [6, 6.07) is 1.14. The smallest absolute Gasteiger partial charge is 0.140 e. The zero-order chi connectivity index (χ0) is 12.9. The van der Waals surface area contributed by atoms with E-state index < -0.39 is 0 Å². The maximum absolute atomic E-state index is 12.8. The molecule has 4 rings (SSSR count). The summed E-state index contributed by atoms with van der Waals surface area (Å²) in [5.41, 5.74) is 0.0869. The van der Waals surface area contributed by atoms with Crippen molar-refractivity contribution in [2.24, 2.45) is 11.8 Å². The van der Waals surface area contributed by atoms with Gasteiger partial charge in [-0.15, -0.1) is 0 Å². The lowest BCUT2D eigenvalue weighted by Gasteiger charge is -2.39. The molecule has 1 N–H and O–H groups in total. The summed E-state index contributed by atoms with van der Waals surface area (Å²) in [4.78, 5) is 12.8. The Hall–Kier alpha value is -0.410. The highest BCUT2D eigenvalue weighted by Crippen LogP contribution is 2.44. The number of nitrogens with one attached hydrogen (secondary N) is 1. The van der Waals surface area contributed by atoms with Crippen molar-refractivity contribution in [3.8, 4) is 0 Å². The van der Waals surface area contributed by atoms with E-state index in [0.717, 1.165) is 25.9 Å². The van der Waals surface area contributed by atoms with Crippen LogP contribution in [-0.2, 0) is 9.53 Å². The van der Waals surface area contributed by atoms with E-state index in [4.69, 9.17) is 4.74 Å². The molecule has 0 radical (unpaired) electrons. The average Bonchev–Trinajstić information content (AvgIpc) is 3.14. The van der Waals surface area contributed by atoms with Crippen LogP contribution in [0.4, 0.5) is 0 Å². The topological polar surface area (TPSA) is 38.3 Å². The summed E-state index contributed by atoms with van der Waals surface area (Å²) in [5, 5.41) is 3.61. The number of carbonyl (C=O) groups is 1. The Morgan fingerprint density at radius 3 is 2.68 bits per heavy atom. The fourth-order valence-electron chi connectivity index (χ4n) is 5.08. The Bertz CT molecular complexity index is 375. The lowest BCUT2D eigenvalue weighted by atomic mass is 9.75. The Kier molecular flexibility index (Phi) is 2.96. The van der Waals surface area contributed by atoms with Crippen LogP contribution >= 0.6 is 0 Å². The van der Waals surface area contributed by atoms with E-state index in [0.29, 0.717) is 23.8 Å². The van der Waals surface area contributed by atoms with E-state index in [2.05, 4.69) is 5.32 Å². The monoisotopic (exact) mass is 263 g/mol. The van der Waals surface area contributed by atoms with Crippen LogP contribution in [0.1, 0.15) is 57.8 Å². The number of ether oxygens (including phenoxy) is 1. The molecule has 0 aromatic carbocycles. The second-order valence-corrected chi connectivity index (χ2v) is 7.22. The van der Waals surface area contributed by atoms with Crippen LogP contribution in [0.3, 0.4) is 0 Å². The number of hydrogen-bond acceptors (Lipinski definition) is 3. The van der Waals surface area contributed by atoms with Gasteiger partial charge in [0.2, 0.25) is 0 Å². The molecule has 1 aliphatic carbocycles. The highest BCUT2D eigenvalue weighted by atomic mass is 16.5. The summed E-state index contributed by atoms with van der Waals surface area (Å²) >= 11 is 0. The quantitative estimate of drug-likeness (QED) is 0.831. The van der Waals surface area contributed by atoms with E-state index >= 15 is 0 Å². The molecule has 106 valence electrons. The minimum Gasteiger partial charge on any atom is -0.375 e. The zero-order valence-electron chi connectivity index (χ0n) is 11.7. The molecule has 4 atom stereocenters. The van der Waals surface area contributed by atoms with Crippen molar-refractivity contribution in [1.82, 2.24) is 5.32 Å². The highest BCUT2D eigenvalue weighted by Gasteiger charge is 2.48. The van der Waals surface area contributed by atoms with Crippen LogP contribution in [-0.4, -0.2) is 30.1 Å². The van der Waals surface area contributed by atoms with Gasteiger partial charge < -0.3 is 10.1 Å². The molecular weight excluding hydrogens is 238 g/mol. The Labute approximate surface area is 115 Å². The predicted octanol–water partition coefficient (Wildman–Crippen LogP) is 2.44. The van der Waals surface area contributed by atoms with Crippen LogP contribution in [0.25, 0.3) is 0 Å². The van der Waals surface area contributed by atoms with E-state index in [1.807, 2.05) is 0 Å². The second-order valence-electron chi connectivity index (χ2n) is 7.22. The first-order valence-electron chi connectivity index (χ1n) is 8.20. The highest BCUT2D eigenvalue weighted by molar-refractivity contribution is 5.85. The van der Waals surface area contributed by atoms with E-state index in [9.17, 15) is 4.79 Å². The van der Waals surface area contributed by atoms with Crippen LogP contribution in [0.2, 0.25) is 0 Å². The van der Waals surface area contributed by atoms with Crippen molar-refractivity contribution in [2.75, 3.05) is 6.61 Å². The van der Waals surface area contributed by atoms with Crippen molar-refractivity contribution in [2.45, 2.75) is 75.5 Å². The molecule has 1 spiro atoms. The first-order valence-corrected chi connectivity index (χ1v) is 8.20. The molecule has 1 saturated carbocycles. The third kappa shape index (κ3) is 2.06. The third-order valence-electron chi connectivity index (χ3n) is 6.08. The summed E-state index contributed by atoms with van der Waals surface area (Å²) in [7, 11) is 0. The van der Waals surface area contributed by atoms with Gasteiger partial charge in [-0.25, -0.2) is 0 Å². The number of carbonyl (C=O) groups excluding carboxylic acids is 1. The van der Waals surface area contributed by atoms with Crippen molar-refractivity contribution in [3.63, 3.8) is 0 Å². The first-order chi connectivity index (χ1) is 9.26. The molecule has 3 saturated heterocycles.